The Bertz CT molecular complexity index is 693. The van der Waals surface area contributed by atoms with E-state index in [-0.39, 0.29) is 5.91 Å². The molecule has 0 bridgehead atoms. The molecule has 3 rings (SSSR count). The Morgan fingerprint density at radius 3 is 2.74 bits per heavy atom. The fourth-order valence-corrected chi connectivity index (χ4v) is 3.51. The van der Waals surface area contributed by atoms with Crippen molar-refractivity contribution in [3.8, 4) is 5.75 Å². The monoisotopic (exact) mass is 367 g/mol. The standard InChI is InChI=1S/C22H29N3O2/c1-24(15-12-19-7-5-6-14-23-19)20-10-11-22(26)25(16-13-20)17-18-27-21-8-3-2-4-9-21/h2-9,14,20H,10-13,15-18H2,1H3/t20-/m1/s1. The van der Waals surface area contributed by atoms with Crippen molar-refractivity contribution in [1.82, 2.24) is 14.8 Å². The molecule has 1 aliphatic rings. The van der Waals surface area contributed by atoms with Gasteiger partial charge in [-0.2, -0.15) is 0 Å². The third kappa shape index (κ3) is 6.07. The number of aromatic nitrogens is 1. The molecule has 1 aliphatic heterocycles. The molecule has 0 spiro atoms. The number of hydrogen-bond donors (Lipinski definition) is 0. The van der Waals surface area contributed by atoms with Gasteiger partial charge in [-0.05, 0) is 44.2 Å². The van der Waals surface area contributed by atoms with Crippen molar-refractivity contribution in [1.29, 1.82) is 0 Å². The predicted octanol–water partition coefficient (Wildman–Crippen LogP) is 3.02. The Hall–Kier alpha value is -2.40. The van der Waals surface area contributed by atoms with Crippen LogP contribution in [0.1, 0.15) is 25.0 Å². The highest BCUT2D eigenvalue weighted by Crippen LogP contribution is 2.17. The first kappa shape index (κ1) is 19.4. The first-order chi connectivity index (χ1) is 13.2. The molecule has 0 aliphatic carbocycles. The van der Waals surface area contributed by atoms with E-state index < -0.39 is 0 Å². The molecule has 1 saturated heterocycles. The molecular formula is C22H29N3O2. The largest absolute Gasteiger partial charge is 0.492 e. The Morgan fingerprint density at radius 1 is 1.15 bits per heavy atom. The number of amides is 1. The Labute approximate surface area is 162 Å². The van der Waals surface area contributed by atoms with Gasteiger partial charge in [0.15, 0.2) is 0 Å². The van der Waals surface area contributed by atoms with Crippen LogP contribution in [0.4, 0.5) is 0 Å². The minimum atomic E-state index is 0.243. The molecule has 144 valence electrons. The van der Waals surface area contributed by atoms with Gasteiger partial charge in [0.1, 0.15) is 12.4 Å². The lowest BCUT2D eigenvalue weighted by atomic mass is 10.1. The second-order valence-electron chi connectivity index (χ2n) is 7.08. The average molecular weight is 367 g/mol. The van der Waals surface area contributed by atoms with Crippen LogP contribution in [-0.2, 0) is 11.2 Å². The summed E-state index contributed by atoms with van der Waals surface area (Å²) in [5.74, 6) is 1.10. The van der Waals surface area contributed by atoms with Gasteiger partial charge in [-0.3, -0.25) is 9.78 Å². The third-order valence-electron chi connectivity index (χ3n) is 5.22. The van der Waals surface area contributed by atoms with Crippen LogP contribution < -0.4 is 4.74 Å². The van der Waals surface area contributed by atoms with Crippen LogP contribution >= 0.6 is 0 Å². The zero-order valence-corrected chi connectivity index (χ0v) is 16.1. The van der Waals surface area contributed by atoms with E-state index in [1.54, 1.807) is 0 Å². The second-order valence-corrected chi connectivity index (χ2v) is 7.08. The lowest BCUT2D eigenvalue weighted by Crippen LogP contribution is -2.36. The van der Waals surface area contributed by atoms with E-state index >= 15 is 0 Å². The van der Waals surface area contributed by atoms with Crippen LogP contribution in [-0.4, -0.2) is 60.0 Å². The molecule has 27 heavy (non-hydrogen) atoms. The average Bonchev–Trinajstić information content (AvgIpc) is 2.90. The van der Waals surface area contributed by atoms with Crippen LogP contribution in [0.2, 0.25) is 0 Å². The number of benzene rings is 1. The van der Waals surface area contributed by atoms with Crippen molar-refractivity contribution >= 4 is 5.91 Å². The summed E-state index contributed by atoms with van der Waals surface area (Å²) in [5.41, 5.74) is 1.12. The van der Waals surface area contributed by atoms with Crippen molar-refractivity contribution in [3.63, 3.8) is 0 Å². The predicted molar refractivity (Wildman–Crippen MR) is 107 cm³/mol. The van der Waals surface area contributed by atoms with Crippen molar-refractivity contribution in [2.75, 3.05) is 33.3 Å². The van der Waals surface area contributed by atoms with E-state index in [2.05, 4.69) is 23.0 Å². The highest BCUT2D eigenvalue weighted by Gasteiger charge is 2.24. The van der Waals surface area contributed by atoms with Gasteiger partial charge >= 0.3 is 0 Å². The van der Waals surface area contributed by atoms with Crippen molar-refractivity contribution < 1.29 is 9.53 Å². The van der Waals surface area contributed by atoms with E-state index in [0.717, 1.165) is 43.8 Å². The SMILES string of the molecule is CN(CCc1ccccn1)[C@@H]1CCC(=O)N(CCOc2ccccc2)CC1. The number of para-hydroxylation sites is 1. The van der Waals surface area contributed by atoms with Crippen molar-refractivity contribution in [2.45, 2.75) is 31.7 Å². The zero-order chi connectivity index (χ0) is 18.9. The van der Waals surface area contributed by atoms with E-state index in [1.807, 2.05) is 53.6 Å². The van der Waals surface area contributed by atoms with E-state index in [1.165, 1.54) is 0 Å². The highest BCUT2D eigenvalue weighted by molar-refractivity contribution is 5.76. The maximum atomic E-state index is 12.4. The molecule has 1 amide bonds. The fraction of sp³-hybridized carbons (Fsp3) is 0.455. The molecule has 1 fully saturated rings. The number of ether oxygens (including phenoxy) is 1. The Balaban J connectivity index is 1.43. The molecule has 0 saturated carbocycles. The van der Waals surface area contributed by atoms with Gasteiger partial charge in [0.2, 0.25) is 5.91 Å². The van der Waals surface area contributed by atoms with Crippen LogP contribution in [0, 0.1) is 0 Å². The van der Waals surface area contributed by atoms with Gasteiger partial charge in [0.05, 0.1) is 6.54 Å². The smallest absolute Gasteiger partial charge is 0.222 e. The molecule has 0 radical (unpaired) electrons. The van der Waals surface area contributed by atoms with Gasteiger partial charge in [-0.15, -0.1) is 0 Å². The normalized spacial score (nSPS) is 17.8. The molecule has 0 N–H and O–H groups in total. The number of carbonyl (C=O) groups is 1. The molecule has 1 aromatic carbocycles. The molecule has 2 heterocycles. The lowest BCUT2D eigenvalue weighted by molar-refractivity contribution is -0.131. The van der Waals surface area contributed by atoms with Crippen molar-refractivity contribution in [2.24, 2.45) is 0 Å². The lowest BCUT2D eigenvalue weighted by Gasteiger charge is -2.27. The minimum absolute atomic E-state index is 0.243. The van der Waals surface area contributed by atoms with Crippen LogP contribution in [0.5, 0.6) is 5.75 Å². The molecule has 1 aromatic heterocycles. The summed E-state index contributed by atoms with van der Waals surface area (Å²) in [6, 6.07) is 16.2. The summed E-state index contributed by atoms with van der Waals surface area (Å²) in [7, 11) is 2.16. The fourth-order valence-electron chi connectivity index (χ4n) is 3.51. The maximum Gasteiger partial charge on any atom is 0.222 e. The Morgan fingerprint density at radius 2 is 1.96 bits per heavy atom. The van der Waals surface area contributed by atoms with Crippen LogP contribution in [0.3, 0.4) is 0 Å². The van der Waals surface area contributed by atoms with E-state index in [9.17, 15) is 4.79 Å². The summed E-state index contributed by atoms with van der Waals surface area (Å²) in [4.78, 5) is 21.2. The van der Waals surface area contributed by atoms with E-state index in [0.29, 0.717) is 25.6 Å². The second kappa shape index (κ2) is 10.1. The Kier molecular flexibility index (Phi) is 7.22. The first-order valence-corrected chi connectivity index (χ1v) is 9.78. The first-order valence-electron chi connectivity index (χ1n) is 9.78. The molecule has 5 nitrogen and oxygen atoms in total. The number of likely N-dealkylation sites (tertiary alicyclic amines) is 1. The summed E-state index contributed by atoms with van der Waals surface area (Å²) >= 11 is 0. The number of carbonyl (C=O) groups excluding carboxylic acids is 1. The van der Waals surface area contributed by atoms with Crippen molar-refractivity contribution in [3.05, 3.63) is 60.4 Å². The summed E-state index contributed by atoms with van der Waals surface area (Å²) in [6.45, 7) is 2.95. The maximum absolute atomic E-state index is 12.4. The molecule has 0 unspecified atom stereocenters. The van der Waals surface area contributed by atoms with Crippen LogP contribution in [0.15, 0.2) is 54.7 Å². The summed E-state index contributed by atoms with van der Waals surface area (Å²) < 4.78 is 5.75. The summed E-state index contributed by atoms with van der Waals surface area (Å²) in [5, 5.41) is 0. The molecular weight excluding hydrogens is 338 g/mol. The van der Waals surface area contributed by atoms with Gasteiger partial charge < -0.3 is 14.5 Å². The van der Waals surface area contributed by atoms with E-state index in [4.69, 9.17) is 4.74 Å². The van der Waals surface area contributed by atoms with Gasteiger partial charge in [-0.25, -0.2) is 0 Å². The highest BCUT2D eigenvalue weighted by atomic mass is 16.5. The topological polar surface area (TPSA) is 45.7 Å². The zero-order valence-electron chi connectivity index (χ0n) is 16.1. The number of pyridine rings is 1. The third-order valence-corrected chi connectivity index (χ3v) is 5.22. The minimum Gasteiger partial charge on any atom is -0.492 e. The van der Waals surface area contributed by atoms with Crippen LogP contribution in [0.25, 0.3) is 0 Å². The van der Waals surface area contributed by atoms with Gasteiger partial charge in [0.25, 0.3) is 0 Å². The quantitative estimate of drug-likeness (QED) is 0.719. The number of rotatable bonds is 8. The number of nitrogens with zero attached hydrogens (tertiary/aromatic N) is 3. The number of hydrogen-bond acceptors (Lipinski definition) is 4. The molecule has 2 aromatic rings. The van der Waals surface area contributed by atoms with Gasteiger partial charge in [-0.1, -0.05) is 24.3 Å². The molecule has 1 atom stereocenters. The molecule has 5 heteroatoms. The summed E-state index contributed by atoms with van der Waals surface area (Å²) in [6.07, 6.45) is 5.33. The van der Waals surface area contributed by atoms with Gasteiger partial charge in [0, 0.05) is 43.9 Å². The number of likely N-dealkylation sites (N-methyl/N-ethyl adjacent to an activating group) is 1.